The van der Waals surface area contributed by atoms with E-state index in [0.717, 1.165) is 74.9 Å². The van der Waals surface area contributed by atoms with Crippen LogP contribution in [0, 0.1) is 11.6 Å². The number of aryl methyl sites for hydroxylation is 2. The largest absolute Gasteiger partial charge is 0.206 e. The molecule has 0 N–H and O–H groups in total. The van der Waals surface area contributed by atoms with Gasteiger partial charge in [-0.1, -0.05) is 87.4 Å². The Morgan fingerprint density at radius 2 is 1.10 bits per heavy atom. The van der Waals surface area contributed by atoms with Crippen molar-refractivity contribution >= 4 is 34.1 Å². The van der Waals surface area contributed by atoms with Crippen LogP contribution in [-0.2, 0) is 12.8 Å². The highest BCUT2D eigenvalue weighted by Gasteiger charge is 2.18. The summed E-state index contributed by atoms with van der Waals surface area (Å²) in [5.74, 6) is -0.486. The first-order chi connectivity index (χ1) is 20.6. The first-order valence-electron chi connectivity index (χ1n) is 14.6. The number of nitrogens with zero attached hydrogens (tertiary/aromatic N) is 2. The minimum atomic E-state index is -0.291. The third kappa shape index (κ3) is 5.79. The summed E-state index contributed by atoms with van der Waals surface area (Å²) in [4.78, 5) is 1.84. The molecule has 0 fully saturated rings. The summed E-state index contributed by atoms with van der Waals surface area (Å²) >= 11 is 2.65. The fourth-order valence-electron chi connectivity index (χ4n) is 5.36. The van der Waals surface area contributed by atoms with Crippen LogP contribution in [0.2, 0.25) is 0 Å². The van der Waals surface area contributed by atoms with Gasteiger partial charge < -0.3 is 0 Å². The molecule has 212 valence electrons. The summed E-state index contributed by atoms with van der Waals surface area (Å²) in [6.45, 7) is 4.33. The predicted octanol–water partition coefficient (Wildman–Crippen LogP) is 11.4. The molecule has 4 aromatic carbocycles. The van der Waals surface area contributed by atoms with Crippen LogP contribution in [0.5, 0.6) is 0 Å². The first-order valence-corrected chi connectivity index (χ1v) is 16.1. The van der Waals surface area contributed by atoms with E-state index in [9.17, 15) is 0 Å². The summed E-state index contributed by atoms with van der Waals surface area (Å²) in [5, 5.41) is 0. The molecule has 0 spiro atoms. The molecule has 0 aliphatic rings. The van der Waals surface area contributed by atoms with Gasteiger partial charge in [-0.2, -0.15) is 8.75 Å². The Kier molecular flexibility index (Phi) is 8.54. The summed E-state index contributed by atoms with van der Waals surface area (Å²) in [6, 6.07) is 27.2. The molecular weight excluding hydrogens is 563 g/mol. The van der Waals surface area contributed by atoms with E-state index in [1.165, 1.54) is 29.7 Å². The number of fused-ring (bicyclic) bond motifs is 1. The summed E-state index contributed by atoms with van der Waals surface area (Å²) < 4.78 is 39.7. The summed E-state index contributed by atoms with van der Waals surface area (Å²) in [6.07, 6.45) is 6.42. The second kappa shape index (κ2) is 12.6. The van der Waals surface area contributed by atoms with Gasteiger partial charge in [0.1, 0.15) is 22.7 Å². The van der Waals surface area contributed by atoms with Crippen LogP contribution in [0.1, 0.15) is 50.7 Å². The van der Waals surface area contributed by atoms with Crippen molar-refractivity contribution in [3.63, 3.8) is 0 Å². The summed E-state index contributed by atoms with van der Waals surface area (Å²) in [5.41, 5.74) is 8.31. The van der Waals surface area contributed by atoms with Crippen molar-refractivity contribution in [3.05, 3.63) is 108 Å². The van der Waals surface area contributed by atoms with Gasteiger partial charge in [-0.05, 0) is 72.2 Å². The number of hydrogen-bond donors (Lipinski definition) is 0. The second-order valence-corrected chi connectivity index (χ2v) is 12.3. The lowest BCUT2D eigenvalue weighted by atomic mass is 9.96. The fraction of sp³-hybridized carbons (Fsp3) is 0.222. The highest BCUT2D eigenvalue weighted by molar-refractivity contribution is 7.19. The fourth-order valence-corrected chi connectivity index (χ4v) is 7.00. The Bertz CT molecular complexity index is 1840. The molecule has 0 saturated carbocycles. The van der Waals surface area contributed by atoms with E-state index in [1.54, 1.807) is 12.1 Å². The van der Waals surface area contributed by atoms with Crippen molar-refractivity contribution in [2.24, 2.45) is 0 Å². The van der Waals surface area contributed by atoms with Crippen LogP contribution in [0.25, 0.3) is 54.2 Å². The standard InChI is InChI=1S/C36H32F2N2S2/c1-3-5-7-23-9-12-25(13-10-23)26-14-16-27(32(38)22-26)28-17-18-30(36-35(28)39-42-40-36)34-20-19-33(41-34)29-15-11-24(8-6-4-2)21-31(29)37/h9-22H,3-8H2,1-2H3. The molecule has 0 atom stereocenters. The van der Waals surface area contributed by atoms with Crippen LogP contribution < -0.4 is 0 Å². The van der Waals surface area contributed by atoms with Crippen LogP contribution in [0.15, 0.2) is 84.9 Å². The maximum atomic E-state index is 15.6. The maximum absolute atomic E-state index is 15.6. The topological polar surface area (TPSA) is 25.8 Å². The molecule has 6 heteroatoms. The van der Waals surface area contributed by atoms with Crippen molar-refractivity contribution in [2.45, 2.75) is 52.4 Å². The van der Waals surface area contributed by atoms with Crippen LogP contribution in [0.4, 0.5) is 8.78 Å². The minimum absolute atomic E-state index is 0.195. The molecule has 42 heavy (non-hydrogen) atoms. The van der Waals surface area contributed by atoms with E-state index in [-0.39, 0.29) is 11.6 Å². The van der Waals surface area contributed by atoms with Gasteiger partial charge in [0.15, 0.2) is 0 Å². The van der Waals surface area contributed by atoms with Gasteiger partial charge >= 0.3 is 0 Å². The number of hydrogen-bond acceptors (Lipinski definition) is 4. The van der Waals surface area contributed by atoms with E-state index in [1.807, 2.05) is 48.5 Å². The molecule has 0 aliphatic carbocycles. The van der Waals surface area contributed by atoms with Crippen molar-refractivity contribution < 1.29 is 8.78 Å². The van der Waals surface area contributed by atoms with Crippen molar-refractivity contribution in [2.75, 3.05) is 0 Å². The smallest absolute Gasteiger partial charge is 0.132 e. The third-order valence-electron chi connectivity index (χ3n) is 7.77. The zero-order valence-corrected chi connectivity index (χ0v) is 25.4. The Hall–Kier alpha value is -3.74. The SMILES string of the molecule is CCCCc1ccc(-c2ccc(-c3ccc(-c4ccc(-c5ccc(CCCC)cc5F)s4)c4nsnc34)c(F)c2)cc1. The molecule has 2 heterocycles. The average molecular weight is 595 g/mol. The quantitative estimate of drug-likeness (QED) is 0.158. The molecule has 6 aromatic rings. The maximum Gasteiger partial charge on any atom is 0.132 e. The van der Waals surface area contributed by atoms with Gasteiger partial charge in [0.2, 0.25) is 0 Å². The third-order valence-corrected chi connectivity index (χ3v) is 9.45. The van der Waals surface area contributed by atoms with Gasteiger partial charge in [-0.25, -0.2) is 8.78 Å². The number of thiophene rings is 1. The van der Waals surface area contributed by atoms with Crippen molar-refractivity contribution in [1.29, 1.82) is 0 Å². The molecule has 0 amide bonds. The Morgan fingerprint density at radius 3 is 1.79 bits per heavy atom. The van der Waals surface area contributed by atoms with E-state index >= 15 is 8.78 Å². The normalized spacial score (nSPS) is 11.4. The van der Waals surface area contributed by atoms with Gasteiger partial charge in [0.25, 0.3) is 0 Å². The molecule has 0 unspecified atom stereocenters. The van der Waals surface area contributed by atoms with Crippen molar-refractivity contribution in [3.8, 4) is 43.1 Å². The lowest BCUT2D eigenvalue weighted by Crippen LogP contribution is -1.90. The Balaban J connectivity index is 1.29. The van der Waals surface area contributed by atoms with Crippen LogP contribution in [-0.4, -0.2) is 8.75 Å². The van der Waals surface area contributed by atoms with Gasteiger partial charge in [0.05, 0.1) is 11.7 Å². The van der Waals surface area contributed by atoms with Gasteiger partial charge in [-0.3, -0.25) is 0 Å². The van der Waals surface area contributed by atoms with E-state index < -0.39 is 0 Å². The van der Waals surface area contributed by atoms with Crippen LogP contribution >= 0.6 is 23.1 Å². The zero-order chi connectivity index (χ0) is 29.1. The Labute approximate surface area is 254 Å². The summed E-state index contributed by atoms with van der Waals surface area (Å²) in [7, 11) is 0. The average Bonchev–Trinajstić information content (AvgIpc) is 3.70. The number of halogens is 2. The Morgan fingerprint density at radius 1 is 0.548 bits per heavy atom. The number of unbranched alkanes of at least 4 members (excludes halogenated alkanes) is 2. The molecule has 2 aromatic heterocycles. The number of benzene rings is 4. The number of aromatic nitrogens is 2. The molecule has 0 aliphatic heterocycles. The molecule has 2 nitrogen and oxygen atoms in total. The van der Waals surface area contributed by atoms with Gasteiger partial charge in [0, 0.05) is 32.0 Å². The minimum Gasteiger partial charge on any atom is -0.206 e. The predicted molar refractivity (Wildman–Crippen MR) is 174 cm³/mol. The molecule has 0 bridgehead atoms. The van der Waals surface area contributed by atoms with E-state index in [4.69, 9.17) is 0 Å². The highest BCUT2D eigenvalue weighted by atomic mass is 32.1. The first kappa shape index (κ1) is 28.4. The molecule has 0 radical (unpaired) electrons. The highest BCUT2D eigenvalue weighted by Crippen LogP contribution is 2.41. The van der Waals surface area contributed by atoms with E-state index in [0.29, 0.717) is 22.2 Å². The monoisotopic (exact) mass is 594 g/mol. The molecule has 6 rings (SSSR count). The zero-order valence-electron chi connectivity index (χ0n) is 23.8. The second-order valence-electron chi connectivity index (χ2n) is 10.7. The lowest BCUT2D eigenvalue weighted by Gasteiger charge is -2.10. The molecule has 0 saturated heterocycles. The van der Waals surface area contributed by atoms with E-state index in [2.05, 4.69) is 46.9 Å². The lowest BCUT2D eigenvalue weighted by molar-refractivity contribution is 0.628. The number of rotatable bonds is 10. The van der Waals surface area contributed by atoms with Crippen molar-refractivity contribution in [1.82, 2.24) is 8.75 Å². The molecular formula is C36H32F2N2S2. The van der Waals surface area contributed by atoms with Crippen LogP contribution in [0.3, 0.4) is 0 Å². The van der Waals surface area contributed by atoms with Gasteiger partial charge in [-0.15, -0.1) is 11.3 Å².